The van der Waals surface area contributed by atoms with Crippen molar-refractivity contribution < 1.29 is 4.74 Å². The Morgan fingerprint density at radius 1 is 1.19 bits per heavy atom. The molecule has 124 valence electrons. The van der Waals surface area contributed by atoms with Gasteiger partial charge in [0.15, 0.2) is 0 Å². The summed E-state index contributed by atoms with van der Waals surface area (Å²) in [5.41, 5.74) is 0. The first kappa shape index (κ1) is 17.2. The number of nitrogens with zero attached hydrogens (tertiary/aromatic N) is 1. The van der Waals surface area contributed by atoms with E-state index in [4.69, 9.17) is 4.74 Å². The summed E-state index contributed by atoms with van der Waals surface area (Å²) < 4.78 is 6.19. The molecule has 2 atom stereocenters. The summed E-state index contributed by atoms with van der Waals surface area (Å²) in [6.07, 6.45) is 7.14. The van der Waals surface area contributed by atoms with Gasteiger partial charge in [-0.25, -0.2) is 0 Å². The lowest BCUT2D eigenvalue weighted by atomic mass is 9.77. The molecule has 3 nitrogen and oxygen atoms in total. The SMILES string of the molecule is CCCNC(C1CCC(C)CC1)C1CN(C(C)C)CCO1. The van der Waals surface area contributed by atoms with Crippen LogP contribution in [0.25, 0.3) is 0 Å². The molecule has 0 radical (unpaired) electrons. The lowest BCUT2D eigenvalue weighted by Crippen LogP contribution is -2.56. The molecule has 2 unspecified atom stereocenters. The van der Waals surface area contributed by atoms with E-state index in [-0.39, 0.29) is 0 Å². The lowest BCUT2D eigenvalue weighted by molar-refractivity contribution is -0.0681. The zero-order chi connectivity index (χ0) is 15.2. The summed E-state index contributed by atoms with van der Waals surface area (Å²) >= 11 is 0. The number of morpholine rings is 1. The summed E-state index contributed by atoms with van der Waals surface area (Å²) in [7, 11) is 0. The first-order valence-corrected chi connectivity index (χ1v) is 9.20. The third-order valence-electron chi connectivity index (χ3n) is 5.45. The Bertz CT molecular complexity index is 287. The van der Waals surface area contributed by atoms with Gasteiger partial charge in [-0.2, -0.15) is 0 Å². The summed E-state index contributed by atoms with van der Waals surface area (Å²) in [5.74, 6) is 1.73. The van der Waals surface area contributed by atoms with Gasteiger partial charge >= 0.3 is 0 Å². The molecule has 0 aromatic rings. The van der Waals surface area contributed by atoms with Gasteiger partial charge in [-0.05, 0) is 51.5 Å². The van der Waals surface area contributed by atoms with Gasteiger partial charge in [0.25, 0.3) is 0 Å². The zero-order valence-corrected chi connectivity index (χ0v) is 14.6. The first-order valence-electron chi connectivity index (χ1n) is 9.20. The smallest absolute Gasteiger partial charge is 0.0858 e. The molecule has 1 aliphatic carbocycles. The van der Waals surface area contributed by atoms with Crippen molar-refractivity contribution in [2.45, 2.75) is 78.0 Å². The fraction of sp³-hybridized carbons (Fsp3) is 1.00. The molecule has 0 aromatic carbocycles. The normalized spacial score (nSPS) is 33.3. The van der Waals surface area contributed by atoms with Crippen molar-refractivity contribution >= 4 is 0 Å². The largest absolute Gasteiger partial charge is 0.374 e. The van der Waals surface area contributed by atoms with Crippen LogP contribution in [0.3, 0.4) is 0 Å². The van der Waals surface area contributed by atoms with Crippen molar-refractivity contribution in [1.82, 2.24) is 10.2 Å². The molecule has 1 heterocycles. The fourth-order valence-corrected chi connectivity index (χ4v) is 3.94. The van der Waals surface area contributed by atoms with Crippen molar-refractivity contribution in [3.63, 3.8) is 0 Å². The topological polar surface area (TPSA) is 24.5 Å². The quantitative estimate of drug-likeness (QED) is 0.814. The van der Waals surface area contributed by atoms with Crippen LogP contribution in [0.15, 0.2) is 0 Å². The second-order valence-electron chi connectivity index (χ2n) is 7.50. The van der Waals surface area contributed by atoms with Crippen LogP contribution in [0.5, 0.6) is 0 Å². The minimum absolute atomic E-state index is 0.381. The Morgan fingerprint density at radius 2 is 1.90 bits per heavy atom. The lowest BCUT2D eigenvalue weighted by Gasteiger charge is -2.43. The predicted molar refractivity (Wildman–Crippen MR) is 89.7 cm³/mol. The van der Waals surface area contributed by atoms with Crippen LogP contribution in [0, 0.1) is 11.8 Å². The molecule has 1 saturated carbocycles. The van der Waals surface area contributed by atoms with Crippen LogP contribution in [-0.4, -0.2) is 49.3 Å². The Hall–Kier alpha value is -0.120. The van der Waals surface area contributed by atoms with E-state index in [9.17, 15) is 0 Å². The average molecular weight is 296 g/mol. The van der Waals surface area contributed by atoms with Crippen LogP contribution >= 0.6 is 0 Å². The number of rotatable bonds is 6. The third-order valence-corrected chi connectivity index (χ3v) is 5.45. The minimum atomic E-state index is 0.381. The van der Waals surface area contributed by atoms with Crippen molar-refractivity contribution in [2.75, 3.05) is 26.2 Å². The standard InChI is InChI=1S/C18H36N2O/c1-5-10-19-18(16-8-6-15(4)7-9-16)17-13-20(14(2)3)11-12-21-17/h14-19H,5-13H2,1-4H3. The molecule has 1 N–H and O–H groups in total. The Labute approximate surface area is 131 Å². The maximum atomic E-state index is 6.19. The Morgan fingerprint density at radius 3 is 2.52 bits per heavy atom. The van der Waals surface area contributed by atoms with E-state index >= 15 is 0 Å². The molecular weight excluding hydrogens is 260 g/mol. The van der Waals surface area contributed by atoms with Gasteiger partial charge in [-0.1, -0.05) is 26.7 Å². The maximum Gasteiger partial charge on any atom is 0.0858 e. The van der Waals surface area contributed by atoms with Crippen molar-refractivity contribution in [3.8, 4) is 0 Å². The van der Waals surface area contributed by atoms with Crippen LogP contribution in [-0.2, 0) is 4.74 Å². The number of hydrogen-bond acceptors (Lipinski definition) is 3. The van der Waals surface area contributed by atoms with Crippen LogP contribution in [0.4, 0.5) is 0 Å². The van der Waals surface area contributed by atoms with Crippen LogP contribution in [0.2, 0.25) is 0 Å². The Kier molecular flexibility index (Phi) is 6.97. The average Bonchev–Trinajstić information content (AvgIpc) is 2.49. The molecule has 0 aromatic heterocycles. The zero-order valence-electron chi connectivity index (χ0n) is 14.6. The molecule has 3 heteroatoms. The molecule has 0 amide bonds. The molecule has 0 spiro atoms. The van der Waals surface area contributed by atoms with E-state index in [2.05, 4.69) is 37.9 Å². The molecule has 1 saturated heterocycles. The molecule has 21 heavy (non-hydrogen) atoms. The highest BCUT2D eigenvalue weighted by Crippen LogP contribution is 2.32. The summed E-state index contributed by atoms with van der Waals surface area (Å²) in [4.78, 5) is 2.58. The van der Waals surface area contributed by atoms with Crippen LogP contribution < -0.4 is 5.32 Å². The molecule has 2 rings (SSSR count). The fourth-order valence-electron chi connectivity index (χ4n) is 3.94. The summed E-state index contributed by atoms with van der Waals surface area (Å²) in [6.45, 7) is 13.5. The second kappa shape index (κ2) is 8.50. The molecule has 1 aliphatic heterocycles. The number of nitrogens with one attached hydrogen (secondary N) is 1. The van der Waals surface area contributed by atoms with Gasteiger partial charge in [0.1, 0.15) is 0 Å². The summed E-state index contributed by atoms with van der Waals surface area (Å²) in [5, 5.41) is 3.83. The first-order chi connectivity index (χ1) is 10.1. The molecule has 0 bridgehead atoms. The number of ether oxygens (including phenoxy) is 1. The van der Waals surface area contributed by atoms with Gasteiger partial charge in [0.2, 0.25) is 0 Å². The van der Waals surface area contributed by atoms with Crippen LogP contribution in [0.1, 0.15) is 59.8 Å². The molecule has 2 aliphatic rings. The third kappa shape index (κ3) is 4.94. The van der Waals surface area contributed by atoms with Crippen molar-refractivity contribution in [1.29, 1.82) is 0 Å². The van der Waals surface area contributed by atoms with E-state index < -0.39 is 0 Å². The van der Waals surface area contributed by atoms with E-state index in [0.717, 1.165) is 38.1 Å². The van der Waals surface area contributed by atoms with Gasteiger partial charge < -0.3 is 10.1 Å². The highest BCUT2D eigenvalue weighted by molar-refractivity contribution is 4.90. The van der Waals surface area contributed by atoms with Gasteiger partial charge in [0.05, 0.1) is 12.7 Å². The van der Waals surface area contributed by atoms with Gasteiger partial charge in [-0.15, -0.1) is 0 Å². The van der Waals surface area contributed by atoms with Crippen molar-refractivity contribution in [3.05, 3.63) is 0 Å². The van der Waals surface area contributed by atoms with E-state index in [0.29, 0.717) is 18.2 Å². The van der Waals surface area contributed by atoms with Gasteiger partial charge in [0, 0.05) is 25.2 Å². The van der Waals surface area contributed by atoms with Gasteiger partial charge in [-0.3, -0.25) is 4.90 Å². The van der Waals surface area contributed by atoms with E-state index in [1.165, 1.54) is 32.1 Å². The maximum absolute atomic E-state index is 6.19. The van der Waals surface area contributed by atoms with Crippen molar-refractivity contribution in [2.24, 2.45) is 11.8 Å². The molecule has 2 fully saturated rings. The Balaban J connectivity index is 1.97. The van der Waals surface area contributed by atoms with E-state index in [1.807, 2.05) is 0 Å². The molecular formula is C18H36N2O. The summed E-state index contributed by atoms with van der Waals surface area (Å²) in [6, 6.07) is 1.19. The predicted octanol–water partition coefficient (Wildman–Crippen LogP) is 3.29. The highest BCUT2D eigenvalue weighted by atomic mass is 16.5. The second-order valence-corrected chi connectivity index (χ2v) is 7.50. The minimum Gasteiger partial charge on any atom is -0.374 e. The highest BCUT2D eigenvalue weighted by Gasteiger charge is 2.35. The number of hydrogen-bond donors (Lipinski definition) is 1. The monoisotopic (exact) mass is 296 g/mol. The van der Waals surface area contributed by atoms with E-state index in [1.54, 1.807) is 0 Å².